The largest absolute Gasteiger partial charge is 1.00 e. The average molecular weight is 436 g/mol. The van der Waals surface area contributed by atoms with E-state index in [1.807, 2.05) is 53.2 Å². The summed E-state index contributed by atoms with van der Waals surface area (Å²) in [5.41, 5.74) is 0.711. The number of benzene rings is 1. The Morgan fingerprint density at radius 1 is 1.11 bits per heavy atom. The minimum absolute atomic E-state index is 0. The molecule has 18 heavy (non-hydrogen) atoms. The standard InChI is InChI=1S/C13H10Br2NO.BrH/c14-11-5-3-4-10(8-11)12(17)9-16-7-2-1-6-13(16)15;/h1-8H,9H2;1H/q+1;/p-1. The first kappa shape index (κ1) is 15.5. The molecule has 0 aliphatic rings. The van der Waals surface area contributed by atoms with E-state index in [0.29, 0.717) is 12.1 Å². The molecule has 0 atom stereocenters. The number of rotatable bonds is 3. The first-order chi connectivity index (χ1) is 8.16. The highest BCUT2D eigenvalue weighted by Crippen LogP contribution is 2.12. The Morgan fingerprint density at radius 3 is 2.56 bits per heavy atom. The van der Waals surface area contributed by atoms with Crippen LogP contribution in [0.15, 0.2) is 57.7 Å². The molecule has 0 radical (unpaired) electrons. The van der Waals surface area contributed by atoms with Gasteiger partial charge in [-0.1, -0.05) is 28.1 Å². The van der Waals surface area contributed by atoms with Crippen molar-refractivity contribution in [1.29, 1.82) is 0 Å². The van der Waals surface area contributed by atoms with Gasteiger partial charge in [0.15, 0.2) is 6.20 Å². The van der Waals surface area contributed by atoms with E-state index in [9.17, 15) is 4.79 Å². The number of pyridine rings is 1. The molecule has 0 aliphatic heterocycles. The lowest BCUT2D eigenvalue weighted by atomic mass is 10.1. The fraction of sp³-hybridized carbons (Fsp3) is 0.0769. The van der Waals surface area contributed by atoms with E-state index in [2.05, 4.69) is 31.9 Å². The van der Waals surface area contributed by atoms with Gasteiger partial charge in [0.1, 0.15) is 0 Å². The molecule has 0 unspecified atom stereocenters. The van der Waals surface area contributed by atoms with Gasteiger partial charge in [0.05, 0.1) is 0 Å². The smallest absolute Gasteiger partial charge is 0.248 e. The second kappa shape index (κ2) is 7.16. The number of Topliss-reactive ketones (excluding diaryl/α,β-unsaturated/α-hetero) is 1. The number of carbonyl (C=O) groups is 1. The average Bonchev–Trinajstić information content (AvgIpc) is 2.32. The van der Waals surface area contributed by atoms with E-state index in [1.54, 1.807) is 0 Å². The molecule has 0 saturated carbocycles. The quantitative estimate of drug-likeness (QED) is 0.388. The van der Waals surface area contributed by atoms with Crippen LogP contribution in [-0.2, 0) is 6.54 Å². The fourth-order valence-electron chi connectivity index (χ4n) is 1.49. The predicted molar refractivity (Wildman–Crippen MR) is 72.8 cm³/mol. The monoisotopic (exact) mass is 433 g/mol. The lowest BCUT2D eigenvalue weighted by Gasteiger charge is -2.00. The number of hydrogen-bond donors (Lipinski definition) is 0. The zero-order chi connectivity index (χ0) is 12.3. The van der Waals surface area contributed by atoms with Gasteiger partial charge in [-0.2, -0.15) is 4.57 Å². The number of hydrogen-bond acceptors (Lipinski definition) is 1. The SMILES string of the molecule is O=C(C[n+]1ccccc1Br)c1cccc(Br)c1.[Br-]. The number of halogens is 3. The summed E-state index contributed by atoms with van der Waals surface area (Å²) in [6, 6.07) is 13.2. The molecule has 1 aromatic carbocycles. The first-order valence-electron chi connectivity index (χ1n) is 5.09. The molecule has 2 rings (SSSR count). The summed E-state index contributed by atoms with van der Waals surface area (Å²) in [5, 5.41) is 0. The Kier molecular flexibility index (Phi) is 6.18. The van der Waals surface area contributed by atoms with Crippen LogP contribution in [0.4, 0.5) is 0 Å². The second-order valence-electron chi connectivity index (χ2n) is 3.58. The Bertz CT molecular complexity index is 557. The minimum Gasteiger partial charge on any atom is -1.00 e. The number of nitrogens with zero attached hydrogens (tertiary/aromatic N) is 1. The molecule has 0 bridgehead atoms. The van der Waals surface area contributed by atoms with E-state index < -0.39 is 0 Å². The van der Waals surface area contributed by atoms with Gasteiger partial charge in [-0.05, 0) is 18.2 Å². The minimum atomic E-state index is 0. The maximum atomic E-state index is 12.1. The van der Waals surface area contributed by atoms with Gasteiger partial charge in [0.25, 0.3) is 0 Å². The topological polar surface area (TPSA) is 20.9 Å². The third-order valence-corrected chi connectivity index (χ3v) is 3.56. The summed E-state index contributed by atoms with van der Waals surface area (Å²) in [6.45, 7) is 0.331. The van der Waals surface area contributed by atoms with Crippen LogP contribution in [0.25, 0.3) is 0 Å². The molecular formula is C13H10Br3NO. The fourth-order valence-corrected chi connectivity index (χ4v) is 2.29. The van der Waals surface area contributed by atoms with E-state index >= 15 is 0 Å². The van der Waals surface area contributed by atoms with Crippen molar-refractivity contribution in [3.05, 3.63) is 63.3 Å². The lowest BCUT2D eigenvalue weighted by Crippen LogP contribution is -3.00. The molecule has 5 heteroatoms. The van der Waals surface area contributed by atoms with E-state index in [-0.39, 0.29) is 22.8 Å². The Morgan fingerprint density at radius 2 is 1.89 bits per heavy atom. The van der Waals surface area contributed by atoms with Gasteiger partial charge in [-0.3, -0.25) is 4.79 Å². The molecular weight excluding hydrogens is 426 g/mol. The number of ketones is 1. The maximum absolute atomic E-state index is 12.1. The molecule has 0 N–H and O–H groups in total. The highest BCUT2D eigenvalue weighted by atomic mass is 79.9. The van der Waals surface area contributed by atoms with Crippen LogP contribution in [0, 0.1) is 0 Å². The van der Waals surface area contributed by atoms with Crippen LogP contribution in [0.5, 0.6) is 0 Å². The molecule has 1 aromatic heterocycles. The van der Waals surface area contributed by atoms with Crippen LogP contribution >= 0.6 is 31.9 Å². The molecule has 1 heterocycles. The zero-order valence-corrected chi connectivity index (χ0v) is 14.1. The van der Waals surface area contributed by atoms with Crippen LogP contribution in [0.1, 0.15) is 10.4 Å². The van der Waals surface area contributed by atoms with Crippen molar-refractivity contribution in [3.8, 4) is 0 Å². The van der Waals surface area contributed by atoms with E-state index in [1.165, 1.54) is 0 Å². The molecule has 0 spiro atoms. The Hall–Kier alpha value is -0.520. The zero-order valence-electron chi connectivity index (χ0n) is 9.32. The molecule has 0 aliphatic carbocycles. The molecule has 2 nitrogen and oxygen atoms in total. The van der Waals surface area contributed by atoms with Gasteiger partial charge in [0.2, 0.25) is 16.9 Å². The lowest BCUT2D eigenvalue weighted by molar-refractivity contribution is -0.694. The van der Waals surface area contributed by atoms with Crippen LogP contribution in [-0.4, -0.2) is 5.78 Å². The van der Waals surface area contributed by atoms with Crippen molar-refractivity contribution in [2.45, 2.75) is 6.54 Å². The van der Waals surface area contributed by atoms with Gasteiger partial charge in [-0.15, -0.1) is 0 Å². The van der Waals surface area contributed by atoms with Crippen LogP contribution in [0.3, 0.4) is 0 Å². The summed E-state index contributed by atoms with van der Waals surface area (Å²) >= 11 is 6.78. The highest BCUT2D eigenvalue weighted by Gasteiger charge is 2.14. The summed E-state index contributed by atoms with van der Waals surface area (Å²) in [5.74, 6) is 0.0863. The normalized spacial score (nSPS) is 9.67. The number of carbonyl (C=O) groups excluding carboxylic acids is 1. The summed E-state index contributed by atoms with van der Waals surface area (Å²) < 4.78 is 3.67. The van der Waals surface area contributed by atoms with Crippen LogP contribution < -0.4 is 21.5 Å². The third-order valence-electron chi connectivity index (χ3n) is 2.35. The highest BCUT2D eigenvalue weighted by molar-refractivity contribution is 9.10. The van der Waals surface area contributed by atoms with Crippen molar-refractivity contribution in [1.82, 2.24) is 0 Å². The summed E-state index contributed by atoms with van der Waals surface area (Å²) in [7, 11) is 0. The van der Waals surface area contributed by atoms with Crippen LogP contribution in [0.2, 0.25) is 0 Å². The van der Waals surface area contributed by atoms with Gasteiger partial charge >= 0.3 is 0 Å². The molecule has 2 aromatic rings. The Labute approximate surface area is 133 Å². The third kappa shape index (κ3) is 4.00. The van der Waals surface area contributed by atoms with Gasteiger partial charge in [0, 0.05) is 38.1 Å². The second-order valence-corrected chi connectivity index (χ2v) is 5.31. The van der Waals surface area contributed by atoms with Crippen molar-refractivity contribution in [2.24, 2.45) is 0 Å². The van der Waals surface area contributed by atoms with Crippen molar-refractivity contribution < 1.29 is 26.3 Å². The maximum Gasteiger partial charge on any atom is 0.248 e. The molecule has 94 valence electrons. The van der Waals surface area contributed by atoms with Crippen molar-refractivity contribution in [2.75, 3.05) is 0 Å². The van der Waals surface area contributed by atoms with Gasteiger partial charge < -0.3 is 17.0 Å². The van der Waals surface area contributed by atoms with E-state index in [0.717, 1.165) is 9.08 Å². The summed E-state index contributed by atoms with van der Waals surface area (Å²) in [6.07, 6.45) is 1.87. The molecule has 0 saturated heterocycles. The van der Waals surface area contributed by atoms with Gasteiger partial charge in [-0.25, -0.2) is 0 Å². The predicted octanol–water partition coefficient (Wildman–Crippen LogP) is 0.386. The molecule has 0 amide bonds. The molecule has 0 fully saturated rings. The number of aromatic nitrogens is 1. The summed E-state index contributed by atoms with van der Waals surface area (Å²) in [4.78, 5) is 12.1. The Balaban J connectivity index is 0.00000162. The van der Waals surface area contributed by atoms with Crippen molar-refractivity contribution >= 4 is 37.6 Å². The van der Waals surface area contributed by atoms with Crippen molar-refractivity contribution in [3.63, 3.8) is 0 Å². The van der Waals surface area contributed by atoms with E-state index in [4.69, 9.17) is 0 Å². The first-order valence-corrected chi connectivity index (χ1v) is 6.68.